The van der Waals surface area contributed by atoms with Crippen LogP contribution >= 0.6 is 0 Å². The summed E-state index contributed by atoms with van der Waals surface area (Å²) in [6.07, 6.45) is 8.11. The monoisotopic (exact) mass is 272 g/mol. The minimum Gasteiger partial charge on any atom is -0.307 e. The molecule has 0 heterocycles. The lowest BCUT2D eigenvalue weighted by Gasteiger charge is -2.47. The average molecular weight is 272 g/mol. The highest BCUT2D eigenvalue weighted by molar-refractivity contribution is 5.15. The average Bonchev–Trinajstić information content (AvgIpc) is 2.53. The number of rotatable bonds is 4. The summed E-state index contributed by atoms with van der Waals surface area (Å²) in [6, 6.07) is 10.7. The molecule has 2 fully saturated rings. The molecule has 3 rings (SSSR count). The number of fused-ring (bicyclic) bond motifs is 1. The first kappa shape index (κ1) is 13.7. The van der Waals surface area contributed by atoms with Crippen LogP contribution in [-0.4, -0.2) is 11.6 Å². The molecule has 1 aromatic carbocycles. The fraction of sp³-hybridized carbons (Fsp3) is 0.647. The third-order valence-electron chi connectivity index (χ3n) is 5.30. The molecule has 0 spiro atoms. The molecular formula is C17H24N2O. The predicted octanol–water partition coefficient (Wildman–Crippen LogP) is 4.02. The molecule has 108 valence electrons. The van der Waals surface area contributed by atoms with Gasteiger partial charge in [0, 0.05) is 12.6 Å². The molecule has 1 aromatic rings. The van der Waals surface area contributed by atoms with Crippen LogP contribution in [0.1, 0.15) is 50.5 Å². The lowest BCUT2D eigenvalue weighted by atomic mass is 9.63. The maximum Gasteiger partial charge on any atom is 0.121 e. The molecule has 0 radical (unpaired) electrons. The Balaban J connectivity index is 1.71. The van der Waals surface area contributed by atoms with Crippen LogP contribution < -0.4 is 5.32 Å². The van der Waals surface area contributed by atoms with Crippen LogP contribution in [0.2, 0.25) is 0 Å². The summed E-state index contributed by atoms with van der Waals surface area (Å²) in [5, 5.41) is 7.32. The fourth-order valence-electron chi connectivity index (χ4n) is 4.22. The smallest absolute Gasteiger partial charge is 0.121 e. The van der Waals surface area contributed by atoms with Crippen molar-refractivity contribution in [2.24, 2.45) is 11.1 Å². The summed E-state index contributed by atoms with van der Waals surface area (Å²) in [4.78, 5) is 11.6. The topological polar surface area (TPSA) is 41.5 Å². The van der Waals surface area contributed by atoms with Crippen LogP contribution in [0.15, 0.2) is 35.5 Å². The summed E-state index contributed by atoms with van der Waals surface area (Å²) >= 11 is 0. The Kier molecular flexibility index (Phi) is 4.16. The highest BCUT2D eigenvalue weighted by Crippen LogP contribution is 2.46. The van der Waals surface area contributed by atoms with E-state index in [1.54, 1.807) is 0 Å². The van der Waals surface area contributed by atoms with E-state index in [9.17, 15) is 4.91 Å². The Morgan fingerprint density at radius 1 is 1.10 bits per heavy atom. The predicted molar refractivity (Wildman–Crippen MR) is 81.4 cm³/mol. The maximum atomic E-state index is 11.6. The minimum atomic E-state index is -0.328. The number of hydrogen-bond donors (Lipinski definition) is 1. The van der Waals surface area contributed by atoms with Crippen LogP contribution in [0.25, 0.3) is 0 Å². The lowest BCUT2D eigenvalue weighted by Crippen LogP contribution is -2.57. The number of nitroso groups, excluding NO2 is 1. The molecule has 3 atom stereocenters. The largest absolute Gasteiger partial charge is 0.307 e. The van der Waals surface area contributed by atoms with Gasteiger partial charge in [-0.1, -0.05) is 54.8 Å². The molecule has 1 N–H and O–H groups in total. The van der Waals surface area contributed by atoms with Gasteiger partial charge >= 0.3 is 0 Å². The lowest BCUT2D eigenvalue weighted by molar-refractivity contribution is 0.0890. The van der Waals surface area contributed by atoms with Gasteiger partial charge < -0.3 is 5.32 Å². The summed E-state index contributed by atoms with van der Waals surface area (Å²) in [7, 11) is 0. The molecule has 2 aliphatic carbocycles. The van der Waals surface area contributed by atoms with E-state index in [0.717, 1.165) is 25.8 Å². The zero-order chi connectivity index (χ0) is 13.8. The minimum absolute atomic E-state index is 0.263. The van der Waals surface area contributed by atoms with Crippen molar-refractivity contribution in [2.75, 3.05) is 0 Å². The van der Waals surface area contributed by atoms with Gasteiger partial charge in [-0.3, -0.25) is 0 Å². The molecule has 3 nitrogen and oxygen atoms in total. The van der Waals surface area contributed by atoms with E-state index in [-0.39, 0.29) is 11.6 Å². The zero-order valence-corrected chi connectivity index (χ0v) is 12.1. The first-order valence-electron chi connectivity index (χ1n) is 7.97. The zero-order valence-electron chi connectivity index (χ0n) is 12.1. The van der Waals surface area contributed by atoms with E-state index in [1.165, 1.54) is 31.2 Å². The Morgan fingerprint density at radius 3 is 2.70 bits per heavy atom. The van der Waals surface area contributed by atoms with Gasteiger partial charge in [-0.15, -0.1) is 0 Å². The Morgan fingerprint density at radius 2 is 1.90 bits per heavy atom. The van der Waals surface area contributed by atoms with Crippen molar-refractivity contribution in [3.05, 3.63) is 40.8 Å². The first-order valence-corrected chi connectivity index (χ1v) is 7.97. The molecule has 20 heavy (non-hydrogen) atoms. The van der Waals surface area contributed by atoms with E-state index < -0.39 is 0 Å². The van der Waals surface area contributed by atoms with E-state index >= 15 is 0 Å². The van der Waals surface area contributed by atoms with Crippen molar-refractivity contribution < 1.29 is 0 Å². The van der Waals surface area contributed by atoms with Gasteiger partial charge in [-0.2, -0.15) is 4.91 Å². The number of nitrogens with one attached hydrogen (secondary N) is 1. The molecule has 0 aromatic heterocycles. The van der Waals surface area contributed by atoms with Crippen LogP contribution in [0.5, 0.6) is 0 Å². The highest BCUT2D eigenvalue weighted by atomic mass is 16.3. The van der Waals surface area contributed by atoms with Crippen molar-refractivity contribution in [2.45, 2.75) is 63.1 Å². The van der Waals surface area contributed by atoms with Gasteiger partial charge in [0.25, 0.3) is 0 Å². The number of nitrogens with zero attached hydrogens (tertiary/aromatic N) is 1. The van der Waals surface area contributed by atoms with Gasteiger partial charge in [-0.25, -0.2) is 0 Å². The van der Waals surface area contributed by atoms with Crippen molar-refractivity contribution >= 4 is 0 Å². The van der Waals surface area contributed by atoms with Gasteiger partial charge in [0.1, 0.15) is 5.54 Å². The van der Waals surface area contributed by atoms with Crippen LogP contribution in [0, 0.1) is 10.8 Å². The van der Waals surface area contributed by atoms with Crippen LogP contribution in [-0.2, 0) is 6.54 Å². The second-order valence-corrected chi connectivity index (χ2v) is 6.38. The van der Waals surface area contributed by atoms with Gasteiger partial charge in [-0.05, 0) is 37.2 Å². The van der Waals surface area contributed by atoms with E-state index in [1.807, 2.05) is 6.07 Å². The second kappa shape index (κ2) is 6.04. The molecule has 0 bridgehead atoms. The molecule has 2 aliphatic rings. The third-order valence-corrected chi connectivity index (χ3v) is 5.30. The Labute approximate surface area is 121 Å². The maximum absolute atomic E-state index is 11.6. The normalized spacial score (nSPS) is 33.4. The van der Waals surface area contributed by atoms with E-state index in [4.69, 9.17) is 0 Å². The molecule has 0 aliphatic heterocycles. The van der Waals surface area contributed by atoms with E-state index in [2.05, 4.69) is 34.8 Å². The molecular weight excluding hydrogens is 248 g/mol. The number of hydrogen-bond acceptors (Lipinski definition) is 3. The van der Waals surface area contributed by atoms with Gasteiger partial charge in [0.05, 0.1) is 0 Å². The van der Waals surface area contributed by atoms with Crippen LogP contribution in [0.3, 0.4) is 0 Å². The van der Waals surface area contributed by atoms with E-state index in [0.29, 0.717) is 5.92 Å². The standard InChI is InChI=1S/C17H24N2O/c20-19-17-12-5-4-9-15(17)10-6-11-16(17)18-13-14-7-2-1-3-8-14/h1-3,7-8,15-16,18H,4-6,9-13H2/t15-,16?,17-/m1/s1. The summed E-state index contributed by atoms with van der Waals surface area (Å²) in [5.74, 6) is 0.510. The number of benzene rings is 1. The Hall–Kier alpha value is -1.22. The summed E-state index contributed by atoms with van der Waals surface area (Å²) < 4.78 is 0. The summed E-state index contributed by atoms with van der Waals surface area (Å²) in [5.41, 5.74) is 0.956. The molecule has 0 amide bonds. The first-order chi connectivity index (χ1) is 9.85. The second-order valence-electron chi connectivity index (χ2n) is 6.38. The quantitative estimate of drug-likeness (QED) is 0.841. The fourth-order valence-corrected chi connectivity index (χ4v) is 4.22. The van der Waals surface area contributed by atoms with Crippen molar-refractivity contribution in [1.29, 1.82) is 0 Å². The molecule has 3 heteroatoms. The Bertz CT molecular complexity index is 446. The molecule has 2 saturated carbocycles. The molecule has 1 unspecified atom stereocenters. The van der Waals surface area contributed by atoms with Gasteiger partial charge in [0.2, 0.25) is 0 Å². The summed E-state index contributed by atoms with van der Waals surface area (Å²) in [6.45, 7) is 0.843. The molecule has 0 saturated heterocycles. The highest BCUT2D eigenvalue weighted by Gasteiger charge is 2.50. The van der Waals surface area contributed by atoms with Crippen molar-refractivity contribution in [3.8, 4) is 0 Å². The third kappa shape index (κ3) is 2.51. The SMILES string of the molecule is O=N[C@]12CCCC[C@@H]1CCCC2NCc1ccccc1. The van der Waals surface area contributed by atoms with Crippen molar-refractivity contribution in [3.63, 3.8) is 0 Å². The van der Waals surface area contributed by atoms with Crippen LogP contribution in [0.4, 0.5) is 0 Å². The van der Waals surface area contributed by atoms with Gasteiger partial charge in [0.15, 0.2) is 0 Å². The van der Waals surface area contributed by atoms with Crippen molar-refractivity contribution in [1.82, 2.24) is 5.32 Å².